The highest BCUT2D eigenvalue weighted by atomic mass is 35.5. The van der Waals surface area contributed by atoms with Crippen LogP contribution in [0.2, 0.25) is 5.02 Å². The lowest BCUT2D eigenvalue weighted by molar-refractivity contribution is 0.0599. The number of hydrogen-bond donors (Lipinski definition) is 1. The molecule has 130 valence electrons. The van der Waals surface area contributed by atoms with Crippen LogP contribution in [0.1, 0.15) is 31.2 Å². The van der Waals surface area contributed by atoms with Crippen molar-refractivity contribution in [2.45, 2.75) is 6.61 Å². The summed E-state index contributed by atoms with van der Waals surface area (Å²) in [6.45, 7) is -0.159. The lowest BCUT2D eigenvalue weighted by Gasteiger charge is -2.10. The van der Waals surface area contributed by atoms with Crippen LogP contribution in [0.4, 0.5) is 5.00 Å². The van der Waals surface area contributed by atoms with Crippen LogP contribution in [0.15, 0.2) is 18.2 Å². The quantitative estimate of drug-likeness (QED) is 0.793. The van der Waals surface area contributed by atoms with Gasteiger partial charge in [-0.1, -0.05) is 11.6 Å². The maximum absolute atomic E-state index is 12.0. The molecule has 0 saturated carbocycles. The maximum atomic E-state index is 12.0. The molecule has 0 spiro atoms. The molecule has 0 fully saturated rings. The molecule has 0 saturated heterocycles. The Kier molecular flexibility index (Phi) is 5.85. The van der Waals surface area contributed by atoms with E-state index in [9.17, 15) is 9.59 Å². The predicted octanol–water partition coefficient (Wildman–Crippen LogP) is 3.01. The Morgan fingerprint density at radius 3 is 2.52 bits per heavy atom. The van der Waals surface area contributed by atoms with Crippen LogP contribution in [-0.2, 0) is 16.1 Å². The van der Waals surface area contributed by atoms with Crippen molar-refractivity contribution in [3.8, 4) is 11.8 Å². The molecule has 25 heavy (non-hydrogen) atoms. The van der Waals surface area contributed by atoms with Crippen LogP contribution in [0.3, 0.4) is 0 Å². The van der Waals surface area contributed by atoms with E-state index in [1.165, 1.54) is 32.4 Å². The van der Waals surface area contributed by atoms with Gasteiger partial charge in [0.15, 0.2) is 0 Å². The molecule has 0 unspecified atom stereocenters. The number of thiophene rings is 1. The number of rotatable bonds is 5. The SMILES string of the molecule is COC(=O)c1sc(N)c(C(=O)OC)c1COc1ccc(C#N)cc1Cl. The topological polar surface area (TPSA) is 112 Å². The van der Waals surface area contributed by atoms with E-state index < -0.39 is 11.9 Å². The lowest BCUT2D eigenvalue weighted by atomic mass is 10.1. The number of benzene rings is 1. The van der Waals surface area contributed by atoms with Gasteiger partial charge in [0.05, 0.1) is 30.9 Å². The predicted molar refractivity (Wildman–Crippen MR) is 91.9 cm³/mol. The van der Waals surface area contributed by atoms with Gasteiger partial charge in [0, 0.05) is 5.56 Å². The smallest absolute Gasteiger partial charge is 0.348 e. The minimum atomic E-state index is -0.687. The van der Waals surface area contributed by atoms with Gasteiger partial charge in [0.25, 0.3) is 0 Å². The number of nitrogen functional groups attached to an aromatic ring is 1. The molecule has 2 rings (SSSR count). The van der Waals surface area contributed by atoms with E-state index in [1.54, 1.807) is 0 Å². The molecular weight excluding hydrogens is 368 g/mol. The second kappa shape index (κ2) is 7.88. The number of methoxy groups -OCH3 is 2. The Hall–Kier alpha value is -2.76. The molecule has 0 atom stereocenters. The zero-order valence-corrected chi connectivity index (χ0v) is 14.9. The molecule has 0 radical (unpaired) electrons. The van der Waals surface area contributed by atoms with Crippen molar-refractivity contribution in [2.24, 2.45) is 0 Å². The van der Waals surface area contributed by atoms with Crippen molar-refractivity contribution < 1.29 is 23.8 Å². The van der Waals surface area contributed by atoms with Gasteiger partial charge in [0.2, 0.25) is 0 Å². The fourth-order valence-electron chi connectivity index (χ4n) is 2.04. The average Bonchev–Trinajstić information content (AvgIpc) is 2.95. The maximum Gasteiger partial charge on any atom is 0.348 e. The van der Waals surface area contributed by atoms with Gasteiger partial charge < -0.3 is 19.9 Å². The van der Waals surface area contributed by atoms with E-state index in [0.717, 1.165) is 11.3 Å². The highest BCUT2D eigenvalue weighted by Crippen LogP contribution is 2.34. The first kappa shape index (κ1) is 18.6. The van der Waals surface area contributed by atoms with Gasteiger partial charge in [-0.25, -0.2) is 9.59 Å². The van der Waals surface area contributed by atoms with Crippen LogP contribution >= 0.6 is 22.9 Å². The summed E-state index contributed by atoms with van der Waals surface area (Å²) in [7, 11) is 2.43. The molecule has 0 aliphatic rings. The second-order valence-electron chi connectivity index (χ2n) is 4.68. The highest BCUT2D eigenvalue weighted by molar-refractivity contribution is 7.18. The van der Waals surface area contributed by atoms with Gasteiger partial charge in [-0.3, -0.25) is 0 Å². The number of anilines is 1. The molecule has 0 amide bonds. The summed E-state index contributed by atoms with van der Waals surface area (Å²) in [4.78, 5) is 24.1. The molecule has 0 bridgehead atoms. The van der Waals surface area contributed by atoms with Crippen molar-refractivity contribution in [2.75, 3.05) is 20.0 Å². The third kappa shape index (κ3) is 3.84. The monoisotopic (exact) mass is 380 g/mol. The van der Waals surface area contributed by atoms with Gasteiger partial charge in [-0.15, -0.1) is 11.3 Å². The van der Waals surface area contributed by atoms with E-state index >= 15 is 0 Å². The molecule has 0 aliphatic heterocycles. The van der Waals surface area contributed by atoms with Gasteiger partial charge >= 0.3 is 11.9 Å². The number of nitriles is 1. The molecular formula is C16H13ClN2O5S. The van der Waals surface area contributed by atoms with Crippen molar-refractivity contribution in [3.05, 3.63) is 44.8 Å². The van der Waals surface area contributed by atoms with Crippen molar-refractivity contribution >= 4 is 39.9 Å². The van der Waals surface area contributed by atoms with Gasteiger partial charge in [-0.05, 0) is 18.2 Å². The number of carbonyl (C=O) groups excluding carboxylic acids is 2. The molecule has 1 heterocycles. The summed E-state index contributed by atoms with van der Waals surface area (Å²) < 4.78 is 15.0. The Morgan fingerprint density at radius 2 is 1.96 bits per heavy atom. The Labute approximate surface area is 152 Å². The van der Waals surface area contributed by atoms with Crippen LogP contribution in [0.25, 0.3) is 0 Å². The van der Waals surface area contributed by atoms with Crippen molar-refractivity contribution in [3.63, 3.8) is 0 Å². The Bertz CT molecular complexity index is 872. The largest absolute Gasteiger partial charge is 0.487 e. The number of ether oxygens (including phenoxy) is 3. The van der Waals surface area contributed by atoms with E-state index in [1.807, 2.05) is 6.07 Å². The minimum absolute atomic E-state index is 0.0534. The van der Waals surface area contributed by atoms with E-state index in [0.29, 0.717) is 5.56 Å². The van der Waals surface area contributed by atoms with Gasteiger partial charge in [-0.2, -0.15) is 5.26 Å². The van der Waals surface area contributed by atoms with Crippen LogP contribution < -0.4 is 10.5 Å². The summed E-state index contributed by atoms with van der Waals surface area (Å²) in [5, 5.41) is 9.19. The lowest BCUT2D eigenvalue weighted by Crippen LogP contribution is -2.11. The standard InChI is InChI=1S/C16H13ClN2O5S/c1-22-15(20)12-9(13(16(21)23-2)25-14(12)19)7-24-11-4-3-8(6-18)5-10(11)17/h3-5H,7,19H2,1-2H3. The summed E-state index contributed by atoms with van der Waals surface area (Å²) in [6.07, 6.45) is 0. The van der Waals surface area contributed by atoms with Gasteiger partial charge in [0.1, 0.15) is 27.8 Å². The second-order valence-corrected chi connectivity index (χ2v) is 6.14. The summed E-state index contributed by atoms with van der Waals surface area (Å²) in [5.41, 5.74) is 6.52. The number of halogens is 1. The van der Waals surface area contributed by atoms with Crippen LogP contribution in [0.5, 0.6) is 5.75 Å². The average molecular weight is 381 g/mol. The molecule has 2 N–H and O–H groups in total. The minimum Gasteiger partial charge on any atom is -0.487 e. The van der Waals surface area contributed by atoms with E-state index in [2.05, 4.69) is 0 Å². The first-order valence-corrected chi connectivity index (χ1v) is 8.02. The first-order valence-electron chi connectivity index (χ1n) is 6.83. The number of nitrogens with zero attached hydrogens (tertiary/aromatic N) is 1. The Balaban J connectivity index is 2.39. The Morgan fingerprint density at radius 1 is 1.28 bits per heavy atom. The first-order chi connectivity index (χ1) is 11.9. The fraction of sp³-hybridized carbons (Fsp3) is 0.188. The molecule has 0 aliphatic carbocycles. The number of hydrogen-bond acceptors (Lipinski definition) is 8. The number of nitrogens with two attached hydrogens (primary N) is 1. The zero-order valence-electron chi connectivity index (χ0n) is 13.3. The van der Waals surface area contributed by atoms with Crippen LogP contribution in [0, 0.1) is 11.3 Å². The third-order valence-electron chi connectivity index (χ3n) is 3.23. The molecule has 2 aromatic rings. The number of esters is 2. The molecule has 9 heteroatoms. The van der Waals surface area contributed by atoms with Crippen molar-refractivity contribution in [1.82, 2.24) is 0 Å². The van der Waals surface area contributed by atoms with Crippen LogP contribution in [-0.4, -0.2) is 26.2 Å². The van der Waals surface area contributed by atoms with Crippen molar-refractivity contribution in [1.29, 1.82) is 5.26 Å². The van der Waals surface area contributed by atoms with E-state index in [-0.39, 0.29) is 38.4 Å². The number of carbonyl (C=O) groups is 2. The van der Waals surface area contributed by atoms with E-state index in [4.69, 9.17) is 36.8 Å². The zero-order chi connectivity index (χ0) is 18.6. The highest BCUT2D eigenvalue weighted by Gasteiger charge is 2.27. The summed E-state index contributed by atoms with van der Waals surface area (Å²) in [6, 6.07) is 6.46. The fourth-order valence-corrected chi connectivity index (χ4v) is 3.26. The summed E-state index contributed by atoms with van der Waals surface area (Å²) in [5.74, 6) is -1.04. The molecule has 1 aromatic heterocycles. The molecule has 1 aromatic carbocycles. The normalized spacial score (nSPS) is 10.0. The third-order valence-corrected chi connectivity index (χ3v) is 4.56. The summed E-state index contributed by atoms with van der Waals surface area (Å²) >= 11 is 6.97. The molecule has 7 nitrogen and oxygen atoms in total.